The molecule has 0 radical (unpaired) electrons. The van der Waals surface area contributed by atoms with Gasteiger partial charge >= 0.3 is 0 Å². The highest BCUT2D eigenvalue weighted by Crippen LogP contribution is 2.23. The van der Waals surface area contributed by atoms with Gasteiger partial charge < -0.3 is 10.1 Å². The molecule has 0 spiro atoms. The van der Waals surface area contributed by atoms with Crippen molar-refractivity contribution >= 4 is 23.4 Å². The van der Waals surface area contributed by atoms with Gasteiger partial charge in [0, 0.05) is 11.3 Å². The number of nitrogens with zero attached hydrogens (tertiary/aromatic N) is 1. The highest BCUT2D eigenvalue weighted by Gasteiger charge is 2.07. The van der Waals surface area contributed by atoms with Gasteiger partial charge in [-0.05, 0) is 54.6 Å². The average molecular weight is 330 g/mol. The quantitative estimate of drug-likeness (QED) is 0.544. The van der Waals surface area contributed by atoms with Crippen LogP contribution in [-0.2, 0) is 4.79 Å². The summed E-state index contributed by atoms with van der Waals surface area (Å²) in [6, 6.07) is 22.9. The van der Waals surface area contributed by atoms with Gasteiger partial charge in [0.2, 0.25) is 6.08 Å². The molecule has 3 aromatic rings. The lowest BCUT2D eigenvalue weighted by Gasteiger charge is -2.08. The number of nitrogens with one attached hydrogen (secondary N) is 1. The highest BCUT2D eigenvalue weighted by atomic mass is 16.5. The van der Waals surface area contributed by atoms with Gasteiger partial charge in [0.1, 0.15) is 11.5 Å². The second kappa shape index (κ2) is 7.73. The van der Waals surface area contributed by atoms with Crippen molar-refractivity contribution in [1.29, 1.82) is 0 Å². The number of ether oxygens (including phenoxy) is 1. The highest BCUT2D eigenvalue weighted by molar-refractivity contribution is 6.04. The number of rotatable bonds is 5. The number of isocyanates is 1. The van der Waals surface area contributed by atoms with E-state index < -0.39 is 0 Å². The summed E-state index contributed by atoms with van der Waals surface area (Å²) in [7, 11) is 0. The lowest BCUT2D eigenvalue weighted by Crippen LogP contribution is -2.11. The second-order valence-corrected chi connectivity index (χ2v) is 5.15. The van der Waals surface area contributed by atoms with Crippen LogP contribution in [0.15, 0.2) is 83.9 Å². The van der Waals surface area contributed by atoms with Gasteiger partial charge in [0.05, 0.1) is 5.69 Å². The van der Waals surface area contributed by atoms with Crippen LogP contribution in [0.2, 0.25) is 0 Å². The van der Waals surface area contributed by atoms with Crippen LogP contribution in [0.3, 0.4) is 0 Å². The van der Waals surface area contributed by atoms with Gasteiger partial charge in [-0.3, -0.25) is 4.79 Å². The van der Waals surface area contributed by atoms with Crippen molar-refractivity contribution < 1.29 is 14.3 Å². The zero-order valence-corrected chi connectivity index (χ0v) is 13.2. The molecule has 5 nitrogen and oxygen atoms in total. The van der Waals surface area contributed by atoms with E-state index in [-0.39, 0.29) is 5.91 Å². The van der Waals surface area contributed by atoms with E-state index in [9.17, 15) is 9.59 Å². The number of anilines is 1. The number of hydrogen-bond acceptors (Lipinski definition) is 4. The van der Waals surface area contributed by atoms with Crippen LogP contribution in [0.4, 0.5) is 11.4 Å². The Labute approximate surface area is 144 Å². The van der Waals surface area contributed by atoms with E-state index in [2.05, 4.69) is 10.3 Å². The van der Waals surface area contributed by atoms with Crippen LogP contribution < -0.4 is 10.1 Å². The molecule has 0 saturated carbocycles. The second-order valence-electron chi connectivity index (χ2n) is 5.15. The zero-order chi connectivity index (χ0) is 17.5. The molecule has 3 rings (SSSR count). The molecule has 0 atom stereocenters. The molecule has 0 bridgehead atoms. The van der Waals surface area contributed by atoms with Crippen LogP contribution in [0.1, 0.15) is 10.4 Å². The smallest absolute Gasteiger partial charge is 0.255 e. The summed E-state index contributed by atoms with van der Waals surface area (Å²) in [6.45, 7) is 0. The Bertz CT molecular complexity index is 915. The van der Waals surface area contributed by atoms with Gasteiger partial charge in [-0.2, -0.15) is 4.99 Å². The molecule has 0 aliphatic heterocycles. The number of aliphatic imine (C=N–C) groups is 1. The Morgan fingerprint density at radius 3 is 2.32 bits per heavy atom. The van der Waals surface area contributed by atoms with E-state index >= 15 is 0 Å². The van der Waals surface area contributed by atoms with E-state index in [0.717, 1.165) is 5.75 Å². The van der Waals surface area contributed by atoms with Gasteiger partial charge in [-0.15, -0.1) is 0 Å². The number of amides is 1. The number of benzene rings is 3. The normalized spacial score (nSPS) is 9.76. The summed E-state index contributed by atoms with van der Waals surface area (Å²) < 4.78 is 5.70. The molecule has 0 fully saturated rings. The van der Waals surface area contributed by atoms with Crippen molar-refractivity contribution in [2.45, 2.75) is 0 Å². The molecule has 122 valence electrons. The first-order valence-electron chi connectivity index (χ1n) is 7.57. The van der Waals surface area contributed by atoms with Crippen molar-refractivity contribution in [3.8, 4) is 11.5 Å². The molecule has 0 saturated heterocycles. The van der Waals surface area contributed by atoms with Crippen LogP contribution in [-0.4, -0.2) is 12.0 Å². The fourth-order valence-electron chi connectivity index (χ4n) is 2.20. The van der Waals surface area contributed by atoms with Crippen molar-refractivity contribution in [1.82, 2.24) is 0 Å². The van der Waals surface area contributed by atoms with Crippen molar-refractivity contribution in [2.24, 2.45) is 4.99 Å². The van der Waals surface area contributed by atoms with E-state index in [0.29, 0.717) is 22.7 Å². The summed E-state index contributed by atoms with van der Waals surface area (Å²) in [6.07, 6.45) is 1.46. The Morgan fingerprint density at radius 1 is 0.880 bits per heavy atom. The van der Waals surface area contributed by atoms with Crippen molar-refractivity contribution in [2.75, 3.05) is 5.32 Å². The van der Waals surface area contributed by atoms with E-state index in [1.165, 1.54) is 12.1 Å². The van der Waals surface area contributed by atoms with Crippen molar-refractivity contribution in [3.05, 3.63) is 84.4 Å². The molecule has 0 unspecified atom stereocenters. The standard InChI is InChI=1S/C20H14N2O3/c23-14-21-17-6-4-5-15(13-17)20(24)22-16-9-11-19(12-10-16)25-18-7-2-1-3-8-18/h1-13H,(H,22,24). The minimum atomic E-state index is -0.292. The Hall–Kier alpha value is -3.69. The zero-order valence-electron chi connectivity index (χ0n) is 13.2. The maximum atomic E-state index is 12.3. The summed E-state index contributed by atoms with van der Waals surface area (Å²) in [5.41, 5.74) is 1.42. The van der Waals surface area contributed by atoms with Crippen molar-refractivity contribution in [3.63, 3.8) is 0 Å². The Balaban J connectivity index is 1.67. The molecule has 0 heterocycles. The van der Waals surface area contributed by atoms with E-state index in [4.69, 9.17) is 4.74 Å². The van der Waals surface area contributed by atoms with Gasteiger partial charge in [0.25, 0.3) is 5.91 Å². The predicted molar refractivity (Wildman–Crippen MR) is 95.1 cm³/mol. The third kappa shape index (κ3) is 4.41. The largest absolute Gasteiger partial charge is 0.457 e. The van der Waals surface area contributed by atoms with Crippen LogP contribution in [0.25, 0.3) is 0 Å². The number of carbonyl (C=O) groups excluding carboxylic acids is 2. The van der Waals surface area contributed by atoms with Gasteiger partial charge in [-0.25, -0.2) is 4.79 Å². The molecule has 0 aromatic heterocycles. The fraction of sp³-hybridized carbons (Fsp3) is 0. The molecule has 3 aromatic carbocycles. The minimum Gasteiger partial charge on any atom is -0.457 e. The molecule has 1 amide bonds. The lowest BCUT2D eigenvalue weighted by molar-refractivity contribution is 0.102. The Kier molecular flexibility index (Phi) is 5.00. The maximum absolute atomic E-state index is 12.3. The monoisotopic (exact) mass is 330 g/mol. The average Bonchev–Trinajstić information content (AvgIpc) is 2.65. The first-order chi connectivity index (χ1) is 12.2. The number of para-hydroxylation sites is 1. The molecular formula is C20H14N2O3. The molecule has 0 aliphatic rings. The van der Waals surface area contributed by atoms with Gasteiger partial charge in [0.15, 0.2) is 0 Å². The van der Waals surface area contributed by atoms with Crippen LogP contribution >= 0.6 is 0 Å². The topological polar surface area (TPSA) is 67.8 Å². The first-order valence-corrected chi connectivity index (χ1v) is 7.57. The first kappa shape index (κ1) is 16.2. The molecule has 1 N–H and O–H groups in total. The third-order valence-electron chi connectivity index (χ3n) is 3.37. The predicted octanol–water partition coefficient (Wildman–Crippen LogP) is 4.70. The summed E-state index contributed by atoms with van der Waals surface area (Å²) in [5, 5.41) is 2.78. The molecular weight excluding hydrogens is 316 g/mol. The maximum Gasteiger partial charge on any atom is 0.255 e. The third-order valence-corrected chi connectivity index (χ3v) is 3.37. The summed E-state index contributed by atoms with van der Waals surface area (Å²) in [4.78, 5) is 26.1. The summed E-state index contributed by atoms with van der Waals surface area (Å²) in [5.74, 6) is 1.12. The number of carbonyl (C=O) groups is 1. The van der Waals surface area contributed by atoms with E-state index in [1.54, 1.807) is 42.5 Å². The van der Waals surface area contributed by atoms with Gasteiger partial charge in [-0.1, -0.05) is 24.3 Å². The molecule has 25 heavy (non-hydrogen) atoms. The lowest BCUT2D eigenvalue weighted by atomic mass is 10.2. The Morgan fingerprint density at radius 2 is 1.60 bits per heavy atom. The SMILES string of the molecule is O=C=Nc1cccc(C(=O)Nc2ccc(Oc3ccccc3)cc2)c1. The fourth-order valence-corrected chi connectivity index (χ4v) is 2.20. The summed E-state index contributed by atoms with van der Waals surface area (Å²) >= 11 is 0. The minimum absolute atomic E-state index is 0.292. The number of hydrogen-bond donors (Lipinski definition) is 1. The molecule has 5 heteroatoms. The van der Waals surface area contributed by atoms with Crippen LogP contribution in [0, 0.1) is 0 Å². The van der Waals surface area contributed by atoms with Crippen LogP contribution in [0.5, 0.6) is 11.5 Å². The molecule has 0 aliphatic carbocycles. The van der Waals surface area contributed by atoms with E-state index in [1.807, 2.05) is 30.3 Å².